The summed E-state index contributed by atoms with van der Waals surface area (Å²) < 4.78 is 39.9. The highest BCUT2D eigenvalue weighted by atomic mass is 35.5. The molecule has 0 saturated carbocycles. The Bertz CT molecular complexity index is 1730. The SMILES string of the molecule is COC(=O)c1ccc2nc(CN3CC=C(c4cccc5c4O[C@H](c4ccc(Cl)cc4F)CO5)CC3)n(C[C@@H]3CCO3)c2c1. The van der Waals surface area contributed by atoms with Gasteiger partial charge in [-0.1, -0.05) is 35.9 Å². The average molecular weight is 604 g/mol. The van der Waals surface area contributed by atoms with Crippen molar-refractivity contribution in [2.24, 2.45) is 0 Å². The zero-order chi connectivity index (χ0) is 29.5. The van der Waals surface area contributed by atoms with Crippen LogP contribution in [0, 0.1) is 5.82 Å². The fraction of sp³-hybridized carbons (Fsp3) is 0.333. The van der Waals surface area contributed by atoms with Gasteiger partial charge >= 0.3 is 5.97 Å². The maximum Gasteiger partial charge on any atom is 0.337 e. The van der Waals surface area contributed by atoms with Gasteiger partial charge in [-0.15, -0.1) is 0 Å². The second-order valence-corrected chi connectivity index (χ2v) is 11.5. The van der Waals surface area contributed by atoms with E-state index in [4.69, 9.17) is 35.5 Å². The summed E-state index contributed by atoms with van der Waals surface area (Å²) in [5, 5.41) is 0.342. The Labute approximate surface area is 253 Å². The molecule has 43 heavy (non-hydrogen) atoms. The minimum absolute atomic E-state index is 0.141. The predicted octanol–water partition coefficient (Wildman–Crippen LogP) is 6.21. The summed E-state index contributed by atoms with van der Waals surface area (Å²) in [4.78, 5) is 19.5. The largest absolute Gasteiger partial charge is 0.485 e. The summed E-state index contributed by atoms with van der Waals surface area (Å²) in [6.07, 6.45) is 3.59. The highest BCUT2D eigenvalue weighted by molar-refractivity contribution is 6.30. The molecule has 3 aromatic carbocycles. The molecule has 3 aliphatic rings. The molecule has 2 atom stereocenters. The number of rotatable bonds is 7. The third-order valence-electron chi connectivity index (χ3n) is 8.37. The van der Waals surface area contributed by atoms with Gasteiger partial charge in [-0.25, -0.2) is 14.2 Å². The quantitative estimate of drug-likeness (QED) is 0.233. The highest BCUT2D eigenvalue weighted by Crippen LogP contribution is 2.43. The van der Waals surface area contributed by atoms with E-state index in [1.165, 1.54) is 13.2 Å². The smallest absolute Gasteiger partial charge is 0.337 e. The fourth-order valence-electron chi connectivity index (χ4n) is 5.94. The Hall–Kier alpha value is -3.92. The molecule has 3 aliphatic heterocycles. The molecule has 4 aromatic rings. The summed E-state index contributed by atoms with van der Waals surface area (Å²) >= 11 is 5.96. The minimum atomic E-state index is -0.570. The normalized spacial score (nSPS) is 20.0. The van der Waals surface area contributed by atoms with Gasteiger partial charge in [0.15, 0.2) is 17.6 Å². The molecule has 0 spiro atoms. The van der Waals surface area contributed by atoms with Crippen LogP contribution in [0.3, 0.4) is 0 Å². The van der Waals surface area contributed by atoms with Crippen molar-refractivity contribution in [1.82, 2.24) is 14.5 Å². The lowest BCUT2D eigenvalue weighted by Crippen LogP contribution is -2.33. The van der Waals surface area contributed by atoms with Crippen molar-refractivity contribution in [1.29, 1.82) is 0 Å². The number of benzene rings is 3. The zero-order valence-electron chi connectivity index (χ0n) is 23.7. The predicted molar refractivity (Wildman–Crippen MR) is 160 cm³/mol. The van der Waals surface area contributed by atoms with Gasteiger partial charge in [-0.05, 0) is 54.8 Å². The van der Waals surface area contributed by atoms with Crippen LogP contribution < -0.4 is 9.47 Å². The third kappa shape index (κ3) is 5.48. The molecule has 4 heterocycles. The monoisotopic (exact) mass is 603 g/mol. The average Bonchev–Trinajstić information content (AvgIpc) is 3.34. The molecule has 0 bridgehead atoms. The van der Waals surface area contributed by atoms with Crippen LogP contribution in [0.5, 0.6) is 11.5 Å². The number of hydrogen-bond acceptors (Lipinski definition) is 7. The van der Waals surface area contributed by atoms with E-state index in [0.717, 1.165) is 60.5 Å². The molecular weight excluding hydrogens is 573 g/mol. The van der Waals surface area contributed by atoms with Crippen LogP contribution in [0.15, 0.2) is 60.7 Å². The number of para-hydroxylation sites is 1. The van der Waals surface area contributed by atoms with Crippen LogP contribution in [0.2, 0.25) is 5.02 Å². The van der Waals surface area contributed by atoms with E-state index in [9.17, 15) is 9.18 Å². The second kappa shape index (κ2) is 11.6. The summed E-state index contributed by atoms with van der Waals surface area (Å²) in [5.74, 6) is 1.45. The van der Waals surface area contributed by atoms with Crippen LogP contribution >= 0.6 is 11.6 Å². The molecular formula is C33H31ClFN3O5. The lowest BCUT2D eigenvalue weighted by Gasteiger charge is -2.31. The number of carbonyl (C=O) groups is 1. The first-order valence-corrected chi connectivity index (χ1v) is 14.8. The van der Waals surface area contributed by atoms with Crippen LogP contribution in [0.25, 0.3) is 16.6 Å². The third-order valence-corrected chi connectivity index (χ3v) is 8.61. The topological polar surface area (TPSA) is 75.0 Å². The van der Waals surface area contributed by atoms with Gasteiger partial charge in [0.25, 0.3) is 0 Å². The van der Waals surface area contributed by atoms with Crippen molar-refractivity contribution in [3.63, 3.8) is 0 Å². The molecule has 0 unspecified atom stereocenters. The first kappa shape index (κ1) is 27.9. The zero-order valence-corrected chi connectivity index (χ0v) is 24.5. The number of halogens is 2. The number of ether oxygens (including phenoxy) is 4. The van der Waals surface area contributed by atoms with Crippen LogP contribution in [-0.2, 0) is 22.6 Å². The molecule has 1 fully saturated rings. The van der Waals surface area contributed by atoms with Gasteiger partial charge in [-0.2, -0.15) is 0 Å². The molecule has 7 rings (SSSR count). The van der Waals surface area contributed by atoms with Gasteiger partial charge in [0.2, 0.25) is 0 Å². The molecule has 0 amide bonds. The van der Waals surface area contributed by atoms with E-state index in [0.29, 0.717) is 40.7 Å². The Morgan fingerprint density at radius 3 is 2.81 bits per heavy atom. The molecule has 222 valence electrons. The summed E-state index contributed by atoms with van der Waals surface area (Å²) in [7, 11) is 1.39. The standard InChI is InChI=1S/C33H31ClFN3O5/c1-40-33(39)21-5-8-27-28(15-21)38(17-23-11-14-41-23)31(36-27)18-37-12-9-20(10-13-37)24-3-2-4-29-32(24)43-30(19-42-29)25-7-6-22(34)16-26(25)35/h2-9,15-16,23,30H,10-14,17-19H2,1H3/t23-,30-/m0/s1. The number of carbonyl (C=O) groups excluding carboxylic acids is 1. The number of methoxy groups -OCH3 is 1. The van der Waals surface area contributed by atoms with Crippen molar-refractivity contribution in [2.75, 3.05) is 33.4 Å². The van der Waals surface area contributed by atoms with E-state index >= 15 is 0 Å². The van der Waals surface area contributed by atoms with Crippen molar-refractivity contribution in [2.45, 2.75) is 38.1 Å². The van der Waals surface area contributed by atoms with Crippen molar-refractivity contribution in [3.05, 3.63) is 94.0 Å². The number of fused-ring (bicyclic) bond motifs is 2. The Morgan fingerprint density at radius 1 is 1.19 bits per heavy atom. The van der Waals surface area contributed by atoms with E-state index in [1.807, 2.05) is 30.3 Å². The van der Waals surface area contributed by atoms with Crippen molar-refractivity contribution < 1.29 is 28.1 Å². The van der Waals surface area contributed by atoms with Gasteiger partial charge < -0.3 is 23.5 Å². The number of nitrogens with zero attached hydrogens (tertiary/aromatic N) is 3. The van der Waals surface area contributed by atoms with E-state index in [1.54, 1.807) is 18.2 Å². The highest BCUT2D eigenvalue weighted by Gasteiger charge is 2.29. The molecule has 0 N–H and O–H groups in total. The number of hydrogen-bond donors (Lipinski definition) is 0. The summed E-state index contributed by atoms with van der Waals surface area (Å²) in [5.41, 5.74) is 4.79. The molecule has 0 radical (unpaired) electrons. The van der Waals surface area contributed by atoms with Crippen molar-refractivity contribution in [3.8, 4) is 11.5 Å². The maximum atomic E-state index is 14.7. The summed E-state index contributed by atoms with van der Waals surface area (Å²) in [6, 6.07) is 16.0. The Morgan fingerprint density at radius 2 is 2.07 bits per heavy atom. The molecule has 1 saturated heterocycles. The number of imidazole rings is 1. The number of aromatic nitrogens is 2. The minimum Gasteiger partial charge on any atom is -0.485 e. The fourth-order valence-corrected chi connectivity index (χ4v) is 6.09. The Kier molecular flexibility index (Phi) is 7.55. The van der Waals surface area contributed by atoms with Crippen LogP contribution in [-0.4, -0.2) is 59.9 Å². The lowest BCUT2D eigenvalue weighted by atomic mass is 9.97. The van der Waals surface area contributed by atoms with Gasteiger partial charge in [0.1, 0.15) is 18.2 Å². The van der Waals surface area contributed by atoms with Crippen molar-refractivity contribution >= 4 is 34.2 Å². The van der Waals surface area contributed by atoms with Gasteiger partial charge in [0.05, 0.1) is 42.9 Å². The van der Waals surface area contributed by atoms with Gasteiger partial charge in [0, 0.05) is 35.8 Å². The van der Waals surface area contributed by atoms with Crippen LogP contribution in [0.1, 0.15) is 46.3 Å². The molecule has 10 heteroatoms. The second-order valence-electron chi connectivity index (χ2n) is 11.0. The molecule has 1 aromatic heterocycles. The molecule has 8 nitrogen and oxygen atoms in total. The first-order valence-electron chi connectivity index (χ1n) is 14.4. The van der Waals surface area contributed by atoms with E-state index < -0.39 is 11.9 Å². The Balaban J connectivity index is 1.11. The number of esters is 1. The van der Waals surface area contributed by atoms with Gasteiger partial charge in [-0.3, -0.25) is 4.90 Å². The summed E-state index contributed by atoms with van der Waals surface area (Å²) in [6.45, 7) is 3.88. The van der Waals surface area contributed by atoms with E-state index in [-0.39, 0.29) is 18.7 Å². The molecule has 0 aliphatic carbocycles. The maximum absolute atomic E-state index is 14.7. The first-order chi connectivity index (χ1) is 21.0. The van der Waals surface area contributed by atoms with E-state index in [2.05, 4.69) is 15.5 Å². The van der Waals surface area contributed by atoms with Crippen LogP contribution in [0.4, 0.5) is 4.39 Å². The lowest BCUT2D eigenvalue weighted by molar-refractivity contribution is -0.0591.